The second-order valence-corrected chi connectivity index (χ2v) is 1.45. The van der Waals surface area contributed by atoms with Crippen LogP contribution in [-0.2, 0) is 0 Å². The maximum absolute atomic E-state index is 9.92. The van der Waals surface area contributed by atoms with E-state index in [-0.39, 0.29) is 5.82 Å². The highest BCUT2D eigenvalue weighted by atomic mass is 16.6. The predicted molar refractivity (Wildman–Crippen MR) is 30.1 cm³/mol. The van der Waals surface area contributed by atoms with Crippen LogP contribution in [0.3, 0.4) is 0 Å². The lowest BCUT2D eigenvalue weighted by Gasteiger charge is -1.81. The van der Waals surface area contributed by atoms with Gasteiger partial charge in [0, 0.05) is 0 Å². The SMILES string of the molecule is O=Nn1cnc([N+](=O)[O-])c1. The molecule has 0 amide bonds. The summed E-state index contributed by atoms with van der Waals surface area (Å²) in [6.07, 6.45) is 1.89. The molecule has 7 nitrogen and oxygen atoms in total. The van der Waals surface area contributed by atoms with Crippen molar-refractivity contribution in [3.05, 3.63) is 27.5 Å². The molecule has 0 N–H and O–H groups in total. The highest BCUT2D eigenvalue weighted by Gasteiger charge is 2.08. The van der Waals surface area contributed by atoms with Gasteiger partial charge in [0.15, 0.2) is 0 Å². The van der Waals surface area contributed by atoms with E-state index in [9.17, 15) is 15.0 Å². The summed E-state index contributed by atoms with van der Waals surface area (Å²) >= 11 is 0. The summed E-state index contributed by atoms with van der Waals surface area (Å²) in [4.78, 5) is 22.2. The van der Waals surface area contributed by atoms with E-state index in [1.54, 1.807) is 0 Å². The molecular weight excluding hydrogens is 140 g/mol. The summed E-state index contributed by atoms with van der Waals surface area (Å²) in [7, 11) is 0. The van der Waals surface area contributed by atoms with Crippen molar-refractivity contribution >= 4 is 5.82 Å². The van der Waals surface area contributed by atoms with E-state index in [2.05, 4.69) is 10.3 Å². The van der Waals surface area contributed by atoms with E-state index >= 15 is 0 Å². The van der Waals surface area contributed by atoms with Crippen LogP contribution in [-0.4, -0.2) is 14.6 Å². The molecule has 1 aromatic heterocycles. The van der Waals surface area contributed by atoms with E-state index in [4.69, 9.17) is 0 Å². The zero-order valence-corrected chi connectivity index (χ0v) is 4.67. The molecule has 7 heteroatoms. The Kier molecular flexibility index (Phi) is 1.40. The minimum atomic E-state index is -0.707. The van der Waals surface area contributed by atoms with Crippen molar-refractivity contribution in [3.8, 4) is 0 Å². The van der Waals surface area contributed by atoms with E-state index in [1.165, 1.54) is 0 Å². The Morgan fingerprint density at radius 2 is 2.50 bits per heavy atom. The maximum atomic E-state index is 9.92. The van der Waals surface area contributed by atoms with Gasteiger partial charge in [-0.25, -0.2) is 0 Å². The fraction of sp³-hybridized carbons (Fsp3) is 0. The lowest BCUT2D eigenvalue weighted by atomic mass is 10.8. The molecule has 0 spiro atoms. The zero-order chi connectivity index (χ0) is 7.56. The lowest BCUT2D eigenvalue weighted by molar-refractivity contribution is -0.389. The van der Waals surface area contributed by atoms with Gasteiger partial charge in [0.25, 0.3) is 0 Å². The van der Waals surface area contributed by atoms with Gasteiger partial charge in [-0.2, -0.15) is 4.68 Å². The highest BCUT2D eigenvalue weighted by molar-refractivity contribution is 5.11. The fourth-order valence-electron chi connectivity index (χ4n) is 0.442. The Hall–Kier alpha value is -1.79. The molecule has 0 unspecified atom stereocenters. The summed E-state index contributed by atoms with van der Waals surface area (Å²) < 4.78 is 0.720. The Balaban J connectivity index is 2.98. The van der Waals surface area contributed by atoms with Gasteiger partial charge in [0.05, 0.1) is 5.29 Å². The van der Waals surface area contributed by atoms with Gasteiger partial charge in [-0.05, 0) is 9.91 Å². The van der Waals surface area contributed by atoms with Gasteiger partial charge in [0.1, 0.15) is 6.20 Å². The van der Waals surface area contributed by atoms with Crippen LogP contribution in [0.2, 0.25) is 0 Å². The monoisotopic (exact) mass is 142 g/mol. The molecule has 0 saturated carbocycles. The van der Waals surface area contributed by atoms with Gasteiger partial charge in [-0.15, -0.1) is 4.91 Å². The zero-order valence-electron chi connectivity index (χ0n) is 4.67. The molecule has 0 atom stereocenters. The molecule has 52 valence electrons. The van der Waals surface area contributed by atoms with Crippen molar-refractivity contribution in [2.24, 2.45) is 5.29 Å². The van der Waals surface area contributed by atoms with Crippen LogP contribution < -0.4 is 0 Å². The third-order valence-corrected chi connectivity index (χ3v) is 0.837. The average Bonchev–Trinajstić information content (AvgIpc) is 2.34. The number of hydrogen-bond acceptors (Lipinski definition) is 5. The summed E-state index contributed by atoms with van der Waals surface area (Å²) in [5.41, 5.74) is 0. The summed E-state index contributed by atoms with van der Waals surface area (Å²) in [5.74, 6) is -0.389. The van der Waals surface area contributed by atoms with Gasteiger partial charge in [-0.1, -0.05) is 0 Å². The largest absolute Gasteiger partial charge is 0.383 e. The van der Waals surface area contributed by atoms with E-state index in [0.29, 0.717) is 0 Å². The van der Waals surface area contributed by atoms with Crippen molar-refractivity contribution in [2.75, 3.05) is 0 Å². The Morgan fingerprint density at radius 3 is 2.80 bits per heavy atom. The van der Waals surface area contributed by atoms with Crippen LogP contribution in [0.1, 0.15) is 0 Å². The van der Waals surface area contributed by atoms with Crippen molar-refractivity contribution < 1.29 is 4.92 Å². The van der Waals surface area contributed by atoms with Crippen LogP contribution >= 0.6 is 0 Å². The standard InChI is InChI=1S/C3H2N4O3/c8-5-6-1-3(4-2-6)7(9)10/h1-2H. The number of aromatic nitrogens is 2. The Bertz CT molecular complexity index is 266. The minimum Gasteiger partial charge on any atom is -0.358 e. The minimum absolute atomic E-state index is 0.389. The first-order valence-corrected chi connectivity index (χ1v) is 2.26. The second-order valence-electron chi connectivity index (χ2n) is 1.45. The first-order valence-electron chi connectivity index (χ1n) is 2.26. The molecule has 1 aromatic rings. The predicted octanol–water partition coefficient (Wildman–Crippen LogP) is 0.321. The molecule has 0 radical (unpaired) electrons. The van der Waals surface area contributed by atoms with Crippen molar-refractivity contribution in [1.29, 1.82) is 0 Å². The molecule has 0 aliphatic heterocycles. The van der Waals surface area contributed by atoms with Crippen LogP contribution in [0.5, 0.6) is 0 Å². The molecule has 1 rings (SSSR count). The smallest absolute Gasteiger partial charge is 0.358 e. The number of nitro groups is 1. The normalized spacial score (nSPS) is 9.20. The highest BCUT2D eigenvalue weighted by Crippen LogP contribution is 2.04. The quantitative estimate of drug-likeness (QED) is 0.337. The lowest BCUT2D eigenvalue weighted by Crippen LogP contribution is -1.86. The number of rotatable bonds is 2. The Morgan fingerprint density at radius 1 is 1.80 bits per heavy atom. The molecule has 0 fully saturated rings. The number of nitrogens with zero attached hydrogens (tertiary/aromatic N) is 4. The van der Waals surface area contributed by atoms with E-state index < -0.39 is 4.92 Å². The van der Waals surface area contributed by atoms with Crippen LogP contribution in [0.4, 0.5) is 5.82 Å². The summed E-state index contributed by atoms with van der Waals surface area (Å²) in [6, 6.07) is 0. The van der Waals surface area contributed by atoms with Crippen LogP contribution in [0.25, 0.3) is 0 Å². The Labute approximate surface area is 54.4 Å². The molecular formula is C3H2N4O3. The van der Waals surface area contributed by atoms with Gasteiger partial charge in [-0.3, -0.25) is 0 Å². The molecule has 10 heavy (non-hydrogen) atoms. The summed E-state index contributed by atoms with van der Waals surface area (Å²) in [5, 5.41) is 12.3. The summed E-state index contributed by atoms with van der Waals surface area (Å²) in [6.45, 7) is 0. The average molecular weight is 142 g/mol. The van der Waals surface area contributed by atoms with Crippen molar-refractivity contribution in [2.45, 2.75) is 0 Å². The third-order valence-electron chi connectivity index (χ3n) is 0.837. The second kappa shape index (κ2) is 2.21. The maximum Gasteiger partial charge on any atom is 0.383 e. The molecule has 0 aliphatic carbocycles. The van der Waals surface area contributed by atoms with Crippen LogP contribution in [0.15, 0.2) is 17.8 Å². The van der Waals surface area contributed by atoms with Crippen molar-refractivity contribution in [1.82, 2.24) is 9.66 Å². The molecule has 0 aliphatic rings. The molecule has 0 bridgehead atoms. The van der Waals surface area contributed by atoms with E-state index in [1.807, 2.05) is 0 Å². The first kappa shape index (κ1) is 6.33. The van der Waals surface area contributed by atoms with E-state index in [0.717, 1.165) is 17.2 Å². The molecule has 0 aromatic carbocycles. The number of hydrogen-bond donors (Lipinski definition) is 0. The fourth-order valence-corrected chi connectivity index (χ4v) is 0.442. The van der Waals surface area contributed by atoms with Gasteiger partial charge >= 0.3 is 5.82 Å². The first-order chi connectivity index (χ1) is 4.74. The third kappa shape index (κ3) is 0.966. The molecule has 1 heterocycles. The van der Waals surface area contributed by atoms with Crippen LogP contribution in [0, 0.1) is 15.0 Å². The number of nitroso groups, excluding NO2 is 1. The number of imidazole rings is 1. The van der Waals surface area contributed by atoms with Gasteiger partial charge < -0.3 is 10.1 Å². The van der Waals surface area contributed by atoms with Gasteiger partial charge in [0.2, 0.25) is 6.33 Å². The van der Waals surface area contributed by atoms with Crippen molar-refractivity contribution in [3.63, 3.8) is 0 Å². The topological polar surface area (TPSA) is 90.4 Å². The molecule has 0 saturated heterocycles.